The van der Waals surface area contributed by atoms with Gasteiger partial charge in [-0.05, 0) is 55.8 Å². The van der Waals surface area contributed by atoms with Gasteiger partial charge in [0.2, 0.25) is 0 Å². The fraction of sp³-hybridized carbons (Fsp3) is 0.167. The lowest BCUT2D eigenvalue weighted by Crippen LogP contribution is -2.08. The fourth-order valence-corrected chi connectivity index (χ4v) is 4.49. The zero-order chi connectivity index (χ0) is 26.8. The summed E-state index contributed by atoms with van der Waals surface area (Å²) in [5, 5.41) is 5.18. The molecule has 0 bridgehead atoms. The van der Waals surface area contributed by atoms with Crippen molar-refractivity contribution in [1.82, 2.24) is 14.8 Å². The largest absolute Gasteiger partial charge is 0.486 e. The van der Waals surface area contributed by atoms with Gasteiger partial charge < -0.3 is 4.74 Å². The Bertz CT molecular complexity index is 1630. The molecule has 0 aliphatic carbocycles. The van der Waals surface area contributed by atoms with Crippen LogP contribution in [0.15, 0.2) is 72.9 Å². The zero-order valence-electron chi connectivity index (χ0n) is 20.8. The molecule has 0 fully saturated rings. The van der Waals surface area contributed by atoms with Crippen molar-refractivity contribution in [3.05, 3.63) is 124 Å². The molecule has 192 valence electrons. The summed E-state index contributed by atoms with van der Waals surface area (Å²) in [6.07, 6.45) is 1.65. The molecule has 0 radical (unpaired) electrons. The Morgan fingerprint density at radius 3 is 2.34 bits per heavy atom. The summed E-state index contributed by atoms with van der Waals surface area (Å²) in [4.78, 5) is 17.8. The lowest BCUT2D eigenvalue weighted by molar-refractivity contribution is 0.0994. The van der Waals surface area contributed by atoms with E-state index in [4.69, 9.17) is 4.74 Å². The number of pyridine rings is 1. The highest BCUT2D eigenvalue weighted by atomic mass is 19.1. The Labute approximate surface area is 217 Å². The Morgan fingerprint density at radius 2 is 1.61 bits per heavy atom. The van der Waals surface area contributed by atoms with Crippen molar-refractivity contribution in [3.63, 3.8) is 0 Å². The van der Waals surface area contributed by atoms with Gasteiger partial charge in [-0.25, -0.2) is 13.2 Å². The van der Waals surface area contributed by atoms with E-state index in [0.717, 1.165) is 22.5 Å². The summed E-state index contributed by atoms with van der Waals surface area (Å²) < 4.78 is 48.9. The molecule has 5 aromatic rings. The molecule has 5 nitrogen and oxygen atoms in total. The number of carbonyl (C=O) groups excluding carboxylic acids is 1. The van der Waals surface area contributed by atoms with Gasteiger partial charge in [-0.1, -0.05) is 30.3 Å². The van der Waals surface area contributed by atoms with Gasteiger partial charge >= 0.3 is 0 Å². The molecular weight excluding hydrogens is 491 g/mol. The first kappa shape index (κ1) is 25.2. The third-order valence-electron chi connectivity index (χ3n) is 6.58. The quantitative estimate of drug-likeness (QED) is 0.221. The highest BCUT2D eigenvalue weighted by molar-refractivity contribution is 6.09. The van der Waals surface area contributed by atoms with Gasteiger partial charge in [-0.3, -0.25) is 14.5 Å². The average molecular weight is 516 g/mol. The molecule has 0 spiro atoms. The van der Waals surface area contributed by atoms with Crippen LogP contribution in [-0.2, 0) is 19.6 Å². The van der Waals surface area contributed by atoms with E-state index in [2.05, 4.69) is 10.1 Å². The number of para-hydroxylation sites is 1. The van der Waals surface area contributed by atoms with Crippen LogP contribution < -0.4 is 4.74 Å². The Kier molecular flexibility index (Phi) is 6.96. The minimum absolute atomic E-state index is 0.123. The molecule has 38 heavy (non-hydrogen) atoms. The molecule has 5 rings (SSSR count). The van der Waals surface area contributed by atoms with Crippen LogP contribution in [0.2, 0.25) is 0 Å². The SMILES string of the molecule is Cc1nn(Cc2ccc(F)cc2)c(C)c1CC(=O)c1ccnc2c(OCc3c(F)cccc3F)cccc12. The third-order valence-corrected chi connectivity index (χ3v) is 6.58. The summed E-state index contributed by atoms with van der Waals surface area (Å²) in [7, 11) is 0. The number of aromatic nitrogens is 3. The predicted molar refractivity (Wildman–Crippen MR) is 138 cm³/mol. The number of ketones is 1. The van der Waals surface area contributed by atoms with E-state index in [1.165, 1.54) is 36.5 Å². The molecule has 0 aliphatic heterocycles. The lowest BCUT2D eigenvalue weighted by atomic mass is 9.98. The summed E-state index contributed by atoms with van der Waals surface area (Å²) >= 11 is 0. The number of fused-ring (bicyclic) bond motifs is 1. The van der Waals surface area contributed by atoms with Gasteiger partial charge in [0.05, 0.1) is 17.8 Å². The van der Waals surface area contributed by atoms with E-state index in [0.29, 0.717) is 28.8 Å². The predicted octanol–water partition coefficient (Wildman–Crippen LogP) is 6.52. The van der Waals surface area contributed by atoms with E-state index in [1.807, 2.05) is 18.5 Å². The van der Waals surface area contributed by atoms with Crippen LogP contribution in [0.3, 0.4) is 0 Å². The number of carbonyl (C=O) groups is 1. The minimum atomic E-state index is -0.695. The zero-order valence-corrected chi connectivity index (χ0v) is 20.8. The van der Waals surface area contributed by atoms with Crippen LogP contribution in [0.25, 0.3) is 10.9 Å². The van der Waals surface area contributed by atoms with Crippen molar-refractivity contribution in [2.45, 2.75) is 33.4 Å². The topological polar surface area (TPSA) is 57.0 Å². The highest BCUT2D eigenvalue weighted by Crippen LogP contribution is 2.29. The molecule has 0 atom stereocenters. The number of ether oxygens (including phenoxy) is 1. The number of benzene rings is 3. The van der Waals surface area contributed by atoms with E-state index < -0.39 is 11.6 Å². The van der Waals surface area contributed by atoms with Crippen molar-refractivity contribution >= 4 is 16.7 Å². The minimum Gasteiger partial charge on any atom is -0.486 e. The van der Waals surface area contributed by atoms with Gasteiger partial charge in [0.25, 0.3) is 0 Å². The summed E-state index contributed by atoms with van der Waals surface area (Å²) in [5.41, 5.74) is 4.03. The monoisotopic (exact) mass is 515 g/mol. The lowest BCUT2D eigenvalue weighted by Gasteiger charge is -2.12. The van der Waals surface area contributed by atoms with Crippen LogP contribution in [-0.4, -0.2) is 20.5 Å². The van der Waals surface area contributed by atoms with E-state index >= 15 is 0 Å². The number of nitrogens with zero attached hydrogens (tertiary/aromatic N) is 3. The van der Waals surface area contributed by atoms with Crippen LogP contribution >= 0.6 is 0 Å². The third kappa shape index (κ3) is 5.02. The highest BCUT2D eigenvalue weighted by Gasteiger charge is 2.19. The summed E-state index contributed by atoms with van der Waals surface area (Å²) in [5.74, 6) is -1.49. The average Bonchev–Trinajstić information content (AvgIpc) is 3.16. The molecule has 0 saturated carbocycles. The Morgan fingerprint density at radius 1 is 0.895 bits per heavy atom. The summed E-state index contributed by atoms with van der Waals surface area (Å²) in [6.45, 7) is 3.91. The molecule has 8 heteroatoms. The van der Waals surface area contributed by atoms with Gasteiger partial charge in [0.1, 0.15) is 35.3 Å². The van der Waals surface area contributed by atoms with Crippen LogP contribution in [0.5, 0.6) is 5.75 Å². The number of halogens is 3. The van der Waals surface area contributed by atoms with E-state index in [9.17, 15) is 18.0 Å². The van der Waals surface area contributed by atoms with Gasteiger partial charge in [-0.15, -0.1) is 0 Å². The van der Waals surface area contributed by atoms with Crippen molar-refractivity contribution in [3.8, 4) is 5.75 Å². The Balaban J connectivity index is 1.39. The molecule has 0 amide bonds. The number of Topliss-reactive ketones (excluding diaryl/α,β-unsaturated/α-hetero) is 1. The first-order chi connectivity index (χ1) is 18.3. The van der Waals surface area contributed by atoms with Crippen molar-refractivity contribution < 1.29 is 22.7 Å². The molecule has 2 heterocycles. The van der Waals surface area contributed by atoms with Crippen molar-refractivity contribution in [1.29, 1.82) is 0 Å². The second kappa shape index (κ2) is 10.5. The molecule has 0 N–H and O–H groups in total. The molecular formula is C30H24F3N3O2. The maximum Gasteiger partial charge on any atom is 0.168 e. The first-order valence-corrected chi connectivity index (χ1v) is 12.1. The van der Waals surface area contributed by atoms with Gasteiger partial charge in [0.15, 0.2) is 5.78 Å². The van der Waals surface area contributed by atoms with Crippen LogP contribution in [0, 0.1) is 31.3 Å². The maximum atomic E-state index is 14.0. The van der Waals surface area contributed by atoms with Crippen LogP contribution in [0.4, 0.5) is 13.2 Å². The summed E-state index contributed by atoms with van der Waals surface area (Å²) in [6, 6.07) is 16.7. The molecule has 3 aromatic carbocycles. The van der Waals surface area contributed by atoms with Crippen molar-refractivity contribution in [2.75, 3.05) is 0 Å². The normalized spacial score (nSPS) is 11.2. The fourth-order valence-electron chi connectivity index (χ4n) is 4.49. The maximum absolute atomic E-state index is 14.0. The Hall–Kier alpha value is -4.46. The standard InChI is InChI=1S/C30H24F3N3O2/c1-18-24(19(2)36(35-18)16-20-9-11-21(31)12-10-20)15-28(37)22-13-14-34-30-23(22)5-3-8-29(30)38-17-25-26(32)6-4-7-27(25)33/h3-14H,15-17H2,1-2H3. The van der Waals surface area contributed by atoms with Crippen LogP contribution in [0.1, 0.15) is 38.4 Å². The number of hydrogen-bond acceptors (Lipinski definition) is 4. The number of rotatable bonds is 8. The second-order valence-corrected chi connectivity index (χ2v) is 9.03. The molecule has 2 aromatic heterocycles. The smallest absolute Gasteiger partial charge is 0.168 e. The second-order valence-electron chi connectivity index (χ2n) is 9.03. The molecule has 0 aliphatic rings. The molecule has 0 saturated heterocycles. The van der Waals surface area contributed by atoms with Gasteiger partial charge in [-0.2, -0.15) is 5.10 Å². The number of aryl methyl sites for hydroxylation is 1. The van der Waals surface area contributed by atoms with E-state index in [-0.39, 0.29) is 30.2 Å². The van der Waals surface area contributed by atoms with E-state index in [1.54, 1.807) is 36.4 Å². The van der Waals surface area contributed by atoms with Crippen molar-refractivity contribution in [2.24, 2.45) is 0 Å². The molecule has 0 unspecified atom stereocenters. The number of hydrogen-bond donors (Lipinski definition) is 0. The first-order valence-electron chi connectivity index (χ1n) is 12.1. The van der Waals surface area contributed by atoms with Gasteiger partial charge in [0, 0.05) is 34.8 Å².